The fourth-order valence-corrected chi connectivity index (χ4v) is 2.23. The highest BCUT2D eigenvalue weighted by atomic mass is 16.7. The van der Waals surface area contributed by atoms with E-state index in [0.29, 0.717) is 0 Å². The lowest BCUT2D eigenvalue weighted by Crippen LogP contribution is -2.23. The molecule has 0 heterocycles. The van der Waals surface area contributed by atoms with Crippen LogP contribution in [-0.2, 0) is 9.47 Å². The van der Waals surface area contributed by atoms with Crippen LogP contribution in [0.15, 0.2) is 60.7 Å². The Bertz CT molecular complexity index is 497. The predicted octanol–water partition coefficient (Wildman–Crippen LogP) is 5.72. The maximum absolute atomic E-state index is 5.84. The summed E-state index contributed by atoms with van der Waals surface area (Å²) in [6.07, 6.45) is 2.66. The first kappa shape index (κ1) is 23.0. The van der Waals surface area contributed by atoms with Crippen molar-refractivity contribution in [2.45, 2.75) is 46.3 Å². The number of para-hydroxylation sites is 2. The van der Waals surface area contributed by atoms with Crippen molar-refractivity contribution >= 4 is 0 Å². The van der Waals surface area contributed by atoms with E-state index in [4.69, 9.17) is 18.9 Å². The first-order chi connectivity index (χ1) is 13.3. The summed E-state index contributed by atoms with van der Waals surface area (Å²) < 4.78 is 21.9. The molecule has 2 aromatic carbocycles. The Labute approximate surface area is 164 Å². The van der Waals surface area contributed by atoms with Crippen LogP contribution in [0.1, 0.15) is 40.0 Å². The van der Waals surface area contributed by atoms with E-state index < -0.39 is 0 Å². The molecule has 4 heteroatoms. The molecule has 4 nitrogen and oxygen atoms in total. The molecule has 0 spiro atoms. The van der Waals surface area contributed by atoms with Gasteiger partial charge in [0.05, 0.1) is 0 Å². The van der Waals surface area contributed by atoms with Gasteiger partial charge < -0.3 is 18.9 Å². The van der Waals surface area contributed by atoms with Gasteiger partial charge in [0.1, 0.15) is 11.5 Å². The molecule has 0 aliphatic rings. The van der Waals surface area contributed by atoms with E-state index in [1.165, 1.54) is 0 Å². The molecule has 0 N–H and O–H groups in total. The van der Waals surface area contributed by atoms with Crippen LogP contribution in [0.25, 0.3) is 0 Å². The average molecular weight is 375 g/mol. The molecule has 0 bridgehead atoms. The lowest BCUT2D eigenvalue weighted by atomic mass is 10.3. The molecule has 0 fully saturated rings. The molecule has 0 saturated heterocycles. The summed E-state index contributed by atoms with van der Waals surface area (Å²) >= 11 is 0. The van der Waals surface area contributed by atoms with Crippen LogP contribution < -0.4 is 9.47 Å². The van der Waals surface area contributed by atoms with Gasteiger partial charge in [-0.2, -0.15) is 0 Å². The summed E-state index contributed by atoms with van der Waals surface area (Å²) in [6.45, 7) is 9.41. The maximum Gasteiger partial charge on any atom is 0.241 e. The lowest BCUT2D eigenvalue weighted by molar-refractivity contribution is -0.00103. The van der Waals surface area contributed by atoms with Gasteiger partial charge in [-0.05, 0) is 51.0 Å². The monoisotopic (exact) mass is 374 g/mol. The maximum atomic E-state index is 5.84. The van der Waals surface area contributed by atoms with Gasteiger partial charge in [-0.25, -0.2) is 0 Å². The number of hydrogen-bond donors (Lipinski definition) is 0. The minimum Gasteiger partial charge on any atom is -0.455 e. The van der Waals surface area contributed by atoms with Crippen molar-refractivity contribution in [2.75, 3.05) is 26.4 Å². The molecule has 0 saturated carbocycles. The number of hydrogen-bond acceptors (Lipinski definition) is 4. The number of rotatable bonds is 12. The normalized spacial score (nSPS) is 10.2. The number of ether oxygens (including phenoxy) is 4. The summed E-state index contributed by atoms with van der Waals surface area (Å²) in [5.41, 5.74) is 0. The highest BCUT2D eigenvalue weighted by Gasteiger charge is 2.10. The van der Waals surface area contributed by atoms with Crippen LogP contribution in [0, 0.1) is 0 Å². The van der Waals surface area contributed by atoms with Crippen molar-refractivity contribution in [1.29, 1.82) is 0 Å². The van der Waals surface area contributed by atoms with E-state index in [0.717, 1.165) is 57.2 Å². The lowest BCUT2D eigenvalue weighted by Gasteiger charge is -2.20. The molecule has 27 heavy (non-hydrogen) atoms. The third kappa shape index (κ3) is 12.1. The van der Waals surface area contributed by atoms with Gasteiger partial charge in [-0.3, -0.25) is 0 Å². The van der Waals surface area contributed by atoms with Gasteiger partial charge in [0.15, 0.2) is 0 Å². The molecular formula is C23H34O4. The Hall–Kier alpha value is -2.04. The average Bonchev–Trinajstić information content (AvgIpc) is 2.70. The Morgan fingerprint density at radius 1 is 0.667 bits per heavy atom. The second-order valence-electron chi connectivity index (χ2n) is 5.83. The third-order valence-electron chi connectivity index (χ3n) is 3.53. The predicted molar refractivity (Wildman–Crippen MR) is 110 cm³/mol. The quantitative estimate of drug-likeness (QED) is 0.352. The van der Waals surface area contributed by atoms with Crippen molar-refractivity contribution in [1.82, 2.24) is 0 Å². The van der Waals surface area contributed by atoms with Gasteiger partial charge >= 0.3 is 0 Å². The molecule has 0 aliphatic heterocycles. The molecule has 0 atom stereocenters. The van der Waals surface area contributed by atoms with Crippen molar-refractivity contribution < 1.29 is 18.9 Å². The first-order valence-corrected chi connectivity index (χ1v) is 9.89. The molecule has 2 rings (SSSR count). The SMILES string of the molecule is CCCC(Oc1ccccc1)Oc1ccccc1.CCOCCCOCC. The van der Waals surface area contributed by atoms with Gasteiger partial charge in [-0.15, -0.1) is 0 Å². The van der Waals surface area contributed by atoms with Crippen LogP contribution in [0.5, 0.6) is 11.5 Å². The molecule has 0 aliphatic carbocycles. The largest absolute Gasteiger partial charge is 0.455 e. The Kier molecular flexibility index (Phi) is 13.8. The Balaban J connectivity index is 0.000000345. The minimum absolute atomic E-state index is 0.236. The molecule has 0 radical (unpaired) electrons. The van der Waals surface area contributed by atoms with Gasteiger partial charge in [0.2, 0.25) is 6.29 Å². The van der Waals surface area contributed by atoms with Crippen molar-refractivity contribution in [3.8, 4) is 11.5 Å². The summed E-state index contributed by atoms with van der Waals surface area (Å²) in [5.74, 6) is 1.68. The molecule has 0 amide bonds. The van der Waals surface area contributed by atoms with Crippen LogP contribution in [0.2, 0.25) is 0 Å². The van der Waals surface area contributed by atoms with E-state index in [1.54, 1.807) is 0 Å². The smallest absolute Gasteiger partial charge is 0.241 e. The van der Waals surface area contributed by atoms with Crippen LogP contribution >= 0.6 is 0 Å². The molecule has 150 valence electrons. The zero-order valence-electron chi connectivity index (χ0n) is 16.9. The highest BCUT2D eigenvalue weighted by molar-refractivity contribution is 5.23. The van der Waals surface area contributed by atoms with Crippen molar-refractivity contribution in [3.63, 3.8) is 0 Å². The van der Waals surface area contributed by atoms with Gasteiger partial charge in [0, 0.05) is 32.8 Å². The van der Waals surface area contributed by atoms with Gasteiger partial charge in [0.25, 0.3) is 0 Å². The van der Waals surface area contributed by atoms with E-state index in [2.05, 4.69) is 6.92 Å². The highest BCUT2D eigenvalue weighted by Crippen LogP contribution is 2.18. The summed E-state index contributed by atoms with van der Waals surface area (Å²) in [7, 11) is 0. The second-order valence-corrected chi connectivity index (χ2v) is 5.83. The molecule has 2 aromatic rings. The van der Waals surface area contributed by atoms with E-state index in [-0.39, 0.29) is 6.29 Å². The molecule has 0 unspecified atom stereocenters. The van der Waals surface area contributed by atoms with E-state index in [9.17, 15) is 0 Å². The fourth-order valence-electron chi connectivity index (χ4n) is 2.23. The van der Waals surface area contributed by atoms with Crippen LogP contribution in [0.3, 0.4) is 0 Å². The van der Waals surface area contributed by atoms with Crippen molar-refractivity contribution in [3.05, 3.63) is 60.7 Å². The summed E-state index contributed by atoms with van der Waals surface area (Å²) in [6, 6.07) is 19.5. The Morgan fingerprint density at radius 2 is 1.11 bits per heavy atom. The fraction of sp³-hybridized carbons (Fsp3) is 0.478. The first-order valence-electron chi connectivity index (χ1n) is 9.89. The standard InChI is InChI=1S/C16H18O2.C7H16O2/c1-2-9-16(17-14-10-5-3-6-11-14)18-15-12-7-4-8-13-15;1-3-8-6-5-7-9-4-2/h3-8,10-13,16H,2,9H2,1H3;3-7H2,1-2H3. The van der Waals surface area contributed by atoms with Crippen LogP contribution in [-0.4, -0.2) is 32.7 Å². The summed E-state index contributed by atoms with van der Waals surface area (Å²) in [5, 5.41) is 0. The van der Waals surface area contributed by atoms with E-state index >= 15 is 0 Å². The molecule has 0 aromatic heterocycles. The molecular weight excluding hydrogens is 340 g/mol. The number of benzene rings is 2. The topological polar surface area (TPSA) is 36.9 Å². The second kappa shape index (κ2) is 16.2. The zero-order valence-corrected chi connectivity index (χ0v) is 16.9. The Morgan fingerprint density at radius 3 is 1.48 bits per heavy atom. The van der Waals surface area contributed by atoms with Gasteiger partial charge in [-0.1, -0.05) is 43.3 Å². The van der Waals surface area contributed by atoms with Crippen molar-refractivity contribution in [2.24, 2.45) is 0 Å². The third-order valence-corrected chi connectivity index (χ3v) is 3.53. The summed E-state index contributed by atoms with van der Waals surface area (Å²) in [4.78, 5) is 0. The minimum atomic E-state index is -0.236. The van der Waals surface area contributed by atoms with Crippen LogP contribution in [0.4, 0.5) is 0 Å². The van der Waals surface area contributed by atoms with E-state index in [1.807, 2.05) is 74.5 Å². The zero-order chi connectivity index (χ0) is 19.6.